The molecule has 3 rings (SSSR count). The van der Waals surface area contributed by atoms with Gasteiger partial charge in [-0.3, -0.25) is 4.99 Å². The highest BCUT2D eigenvalue weighted by Crippen LogP contribution is 2.36. The molecule has 0 saturated heterocycles. The average molecular weight is 591 g/mol. The molecular formula is C22H30IN3O6S. The van der Waals surface area contributed by atoms with Crippen LogP contribution in [-0.4, -0.2) is 52.0 Å². The molecule has 0 aliphatic carbocycles. The molecule has 11 heteroatoms. The number of esters is 1. The van der Waals surface area contributed by atoms with Gasteiger partial charge < -0.3 is 19.5 Å². The van der Waals surface area contributed by atoms with Gasteiger partial charge in [0.15, 0.2) is 5.17 Å². The summed E-state index contributed by atoms with van der Waals surface area (Å²) in [6, 6.07) is 6.06. The fourth-order valence-corrected chi connectivity index (χ4v) is 4.36. The fourth-order valence-electron chi connectivity index (χ4n) is 3.62. The standard InChI is InChI=1S/C22H30IN3O6S/c1-21(2,3)31-20(28)26-32-22(4,18(27)29-12-23)17-9-7-14-10-13(6-8-16(14)30-17)15-11-24-19(25-15)33-5/h6,8,10,15,17H,7,9,11-12H2,1-5H3,(H,24,25)(H,26,28)/t15?,17-,22+/m1/s1. The van der Waals surface area contributed by atoms with E-state index in [0.29, 0.717) is 18.6 Å². The molecule has 2 N–H and O–H groups in total. The van der Waals surface area contributed by atoms with E-state index in [1.54, 1.807) is 39.5 Å². The minimum Gasteiger partial charge on any atom is -0.486 e. The Balaban J connectivity index is 1.75. The molecule has 0 spiro atoms. The third-order valence-corrected chi connectivity index (χ3v) is 6.23. The lowest BCUT2D eigenvalue weighted by atomic mass is 9.89. The third-order valence-electron chi connectivity index (χ3n) is 5.28. The Morgan fingerprint density at radius 2 is 2.09 bits per heavy atom. The number of carbonyl (C=O) groups is 2. The molecule has 33 heavy (non-hydrogen) atoms. The summed E-state index contributed by atoms with van der Waals surface area (Å²) >= 11 is 3.53. The molecule has 2 aliphatic heterocycles. The van der Waals surface area contributed by atoms with Crippen LogP contribution in [0, 0.1) is 0 Å². The van der Waals surface area contributed by atoms with Crippen molar-refractivity contribution in [3.8, 4) is 5.75 Å². The number of hydrogen-bond acceptors (Lipinski definition) is 9. The molecule has 0 aromatic heterocycles. The molecule has 2 heterocycles. The smallest absolute Gasteiger partial charge is 0.431 e. The van der Waals surface area contributed by atoms with E-state index in [-0.39, 0.29) is 10.7 Å². The molecule has 182 valence electrons. The molecule has 1 unspecified atom stereocenters. The number of hydroxylamine groups is 1. The number of carbonyl (C=O) groups excluding carboxylic acids is 2. The zero-order valence-electron chi connectivity index (χ0n) is 19.4. The van der Waals surface area contributed by atoms with Crippen molar-refractivity contribution in [3.63, 3.8) is 0 Å². The molecule has 3 atom stereocenters. The maximum absolute atomic E-state index is 12.8. The highest BCUT2D eigenvalue weighted by atomic mass is 127. The van der Waals surface area contributed by atoms with E-state index in [1.807, 2.05) is 41.0 Å². The first-order valence-electron chi connectivity index (χ1n) is 10.6. The Hall–Kier alpha value is -1.73. The molecule has 1 aromatic rings. The van der Waals surface area contributed by atoms with Gasteiger partial charge in [-0.25, -0.2) is 14.4 Å². The summed E-state index contributed by atoms with van der Waals surface area (Å²) in [6.45, 7) is 7.52. The average Bonchev–Trinajstić information content (AvgIpc) is 3.25. The van der Waals surface area contributed by atoms with Crippen LogP contribution in [0.4, 0.5) is 4.79 Å². The van der Waals surface area contributed by atoms with E-state index < -0.39 is 29.4 Å². The SMILES string of the molecule is CSC1=NC(c2ccc3c(c2)CC[C@H]([C@](C)(ONC(=O)OC(C)(C)C)C(=O)OCI)O3)CN1. The maximum Gasteiger partial charge on any atom is 0.431 e. The summed E-state index contributed by atoms with van der Waals surface area (Å²) in [4.78, 5) is 35.2. The quantitative estimate of drug-likeness (QED) is 0.222. The number of benzene rings is 1. The van der Waals surface area contributed by atoms with Gasteiger partial charge >= 0.3 is 12.1 Å². The number of amides is 1. The lowest BCUT2D eigenvalue weighted by molar-refractivity contribution is -0.194. The summed E-state index contributed by atoms with van der Waals surface area (Å²) in [6.07, 6.45) is 1.70. The second-order valence-corrected chi connectivity index (χ2v) is 10.3. The molecule has 2 aliphatic rings. The van der Waals surface area contributed by atoms with Crippen LogP contribution in [0.15, 0.2) is 23.2 Å². The van der Waals surface area contributed by atoms with E-state index in [2.05, 4.69) is 21.9 Å². The Labute approximate surface area is 211 Å². The minimum absolute atomic E-state index is 0.0701. The monoisotopic (exact) mass is 591 g/mol. The Morgan fingerprint density at radius 3 is 2.73 bits per heavy atom. The van der Waals surface area contributed by atoms with E-state index >= 15 is 0 Å². The lowest BCUT2D eigenvalue weighted by Crippen LogP contribution is -2.57. The molecular weight excluding hydrogens is 561 g/mol. The van der Waals surface area contributed by atoms with Crippen LogP contribution in [0.1, 0.15) is 51.3 Å². The number of thioether (sulfide) groups is 1. The molecule has 0 bridgehead atoms. The number of aliphatic imine (C=N–C) groups is 1. The number of nitrogens with one attached hydrogen (secondary N) is 2. The van der Waals surface area contributed by atoms with Crippen molar-refractivity contribution in [1.82, 2.24) is 10.8 Å². The maximum atomic E-state index is 12.8. The highest BCUT2D eigenvalue weighted by Gasteiger charge is 2.49. The van der Waals surface area contributed by atoms with Crippen molar-refractivity contribution in [1.29, 1.82) is 0 Å². The molecule has 0 radical (unpaired) electrons. The highest BCUT2D eigenvalue weighted by molar-refractivity contribution is 14.1. The van der Waals surface area contributed by atoms with Crippen molar-refractivity contribution in [3.05, 3.63) is 29.3 Å². The first kappa shape index (κ1) is 25.9. The van der Waals surface area contributed by atoms with Crippen molar-refractivity contribution in [2.45, 2.75) is 63.9 Å². The van der Waals surface area contributed by atoms with Crippen molar-refractivity contribution >= 4 is 51.6 Å². The number of halogens is 1. The largest absolute Gasteiger partial charge is 0.486 e. The lowest BCUT2D eigenvalue weighted by Gasteiger charge is -2.37. The van der Waals surface area contributed by atoms with E-state index in [4.69, 9.17) is 19.0 Å². The second-order valence-electron chi connectivity index (χ2n) is 8.90. The van der Waals surface area contributed by atoms with Crippen LogP contribution in [0.2, 0.25) is 0 Å². The number of amidine groups is 1. The Morgan fingerprint density at radius 1 is 1.33 bits per heavy atom. The van der Waals surface area contributed by atoms with Gasteiger partial charge in [0.25, 0.3) is 0 Å². The van der Waals surface area contributed by atoms with Gasteiger partial charge in [-0.05, 0) is 92.6 Å². The summed E-state index contributed by atoms with van der Waals surface area (Å²) in [5, 5.41) is 4.23. The number of alkyl halides is 1. The number of fused-ring (bicyclic) bond motifs is 1. The third kappa shape index (κ3) is 6.44. The van der Waals surface area contributed by atoms with Crippen LogP contribution < -0.4 is 15.5 Å². The van der Waals surface area contributed by atoms with Gasteiger partial charge in [0, 0.05) is 6.54 Å². The van der Waals surface area contributed by atoms with E-state index in [9.17, 15) is 9.59 Å². The topological polar surface area (TPSA) is 107 Å². The number of nitrogens with zero attached hydrogens (tertiary/aromatic N) is 1. The molecule has 1 aromatic carbocycles. The van der Waals surface area contributed by atoms with Crippen LogP contribution >= 0.6 is 34.4 Å². The van der Waals surface area contributed by atoms with Gasteiger partial charge in [-0.1, -0.05) is 17.8 Å². The van der Waals surface area contributed by atoms with Gasteiger partial charge in [0.1, 0.15) is 22.1 Å². The predicted octanol–water partition coefficient (Wildman–Crippen LogP) is 3.89. The fraction of sp³-hybridized carbons (Fsp3) is 0.591. The van der Waals surface area contributed by atoms with Gasteiger partial charge in [-0.2, -0.15) is 5.48 Å². The van der Waals surface area contributed by atoms with Crippen LogP contribution in [-0.2, 0) is 25.5 Å². The number of rotatable bonds is 6. The first-order chi connectivity index (χ1) is 15.6. The summed E-state index contributed by atoms with van der Waals surface area (Å²) in [7, 11) is 0. The van der Waals surface area contributed by atoms with Crippen LogP contribution in [0.3, 0.4) is 0 Å². The van der Waals surface area contributed by atoms with Gasteiger partial charge in [-0.15, -0.1) is 0 Å². The summed E-state index contributed by atoms with van der Waals surface area (Å²) in [5.74, 6) is 0.0402. The van der Waals surface area contributed by atoms with Crippen molar-refractivity contribution in [2.75, 3.05) is 17.4 Å². The zero-order chi connectivity index (χ0) is 24.2. The normalized spacial score (nSPS) is 21.6. The number of aryl methyl sites for hydroxylation is 1. The number of hydrogen-bond donors (Lipinski definition) is 2. The van der Waals surface area contributed by atoms with Gasteiger partial charge in [0.2, 0.25) is 5.60 Å². The van der Waals surface area contributed by atoms with Crippen LogP contribution in [0.5, 0.6) is 5.75 Å². The van der Waals surface area contributed by atoms with E-state index in [0.717, 1.165) is 22.8 Å². The number of ether oxygens (including phenoxy) is 3. The predicted molar refractivity (Wildman–Crippen MR) is 135 cm³/mol. The molecule has 0 saturated carbocycles. The molecule has 1 amide bonds. The Bertz CT molecular complexity index is 922. The minimum atomic E-state index is -1.56. The van der Waals surface area contributed by atoms with Gasteiger partial charge in [0.05, 0.1) is 6.04 Å². The van der Waals surface area contributed by atoms with E-state index in [1.165, 1.54) is 0 Å². The summed E-state index contributed by atoms with van der Waals surface area (Å²) in [5.41, 5.74) is 2.11. The molecule has 0 fully saturated rings. The van der Waals surface area contributed by atoms with Crippen molar-refractivity contribution in [2.24, 2.45) is 4.99 Å². The second kappa shape index (κ2) is 10.7. The summed E-state index contributed by atoms with van der Waals surface area (Å²) < 4.78 is 16.7. The zero-order valence-corrected chi connectivity index (χ0v) is 22.4. The Kier molecular flexibility index (Phi) is 8.38. The first-order valence-corrected chi connectivity index (χ1v) is 13.4. The van der Waals surface area contributed by atoms with Crippen LogP contribution in [0.25, 0.3) is 0 Å². The molecule has 9 nitrogen and oxygen atoms in total. The van der Waals surface area contributed by atoms with Crippen molar-refractivity contribution < 1.29 is 28.6 Å².